The summed E-state index contributed by atoms with van der Waals surface area (Å²) in [6.07, 6.45) is 1.45. The van der Waals surface area contributed by atoms with Crippen LogP contribution >= 0.6 is 24.0 Å². The highest BCUT2D eigenvalue weighted by Gasteiger charge is 2.31. The summed E-state index contributed by atoms with van der Waals surface area (Å²) in [5.74, 6) is -1.97. The lowest BCUT2D eigenvalue weighted by atomic mass is 10.1. The zero-order valence-corrected chi connectivity index (χ0v) is 12.9. The van der Waals surface area contributed by atoms with Crippen molar-refractivity contribution < 1.29 is 19.6 Å². The Balaban J connectivity index is 2.33. The molecule has 0 saturated carbocycles. The van der Waals surface area contributed by atoms with E-state index in [1.54, 1.807) is 19.1 Å². The van der Waals surface area contributed by atoms with Crippen LogP contribution in [0.1, 0.15) is 11.1 Å². The van der Waals surface area contributed by atoms with Gasteiger partial charge in [0.25, 0.3) is 11.6 Å². The largest absolute Gasteiger partial charge is 0.548 e. The Morgan fingerprint density at radius 2 is 2.18 bits per heavy atom. The van der Waals surface area contributed by atoms with Gasteiger partial charge in [-0.1, -0.05) is 36.1 Å². The molecule has 0 N–H and O–H groups in total. The molecule has 0 radical (unpaired) electrons. The predicted octanol–water partition coefficient (Wildman–Crippen LogP) is 0.854. The molecular formula is C13H9N2O5S2-. The number of aliphatic carboxylic acids is 1. The molecule has 22 heavy (non-hydrogen) atoms. The minimum atomic E-state index is -1.41. The number of nitrogens with zero attached hydrogens (tertiary/aromatic N) is 2. The summed E-state index contributed by atoms with van der Waals surface area (Å²) in [6, 6.07) is 4.56. The SMILES string of the molecule is Cc1ccc(/C=C2/SC(=S)N(CC(=O)[O-])C2=O)cc1[N+](=O)[O-]. The second-order valence-corrected chi connectivity index (χ2v) is 6.12. The van der Waals surface area contributed by atoms with Gasteiger partial charge in [-0.2, -0.15) is 0 Å². The maximum Gasteiger partial charge on any atom is 0.272 e. The maximum absolute atomic E-state index is 12.1. The summed E-state index contributed by atoms with van der Waals surface area (Å²) < 4.78 is 0.113. The fraction of sp³-hybridized carbons (Fsp3) is 0.154. The quantitative estimate of drug-likeness (QED) is 0.347. The highest BCUT2D eigenvalue weighted by Crippen LogP contribution is 2.33. The molecule has 0 bridgehead atoms. The molecule has 7 nitrogen and oxygen atoms in total. The van der Waals surface area contributed by atoms with Crippen molar-refractivity contribution in [1.29, 1.82) is 0 Å². The summed E-state index contributed by atoms with van der Waals surface area (Å²) in [6.45, 7) is 0.997. The first-order valence-electron chi connectivity index (χ1n) is 6.00. The zero-order chi connectivity index (χ0) is 16.4. The highest BCUT2D eigenvalue weighted by atomic mass is 32.2. The van der Waals surface area contributed by atoms with E-state index in [0.29, 0.717) is 11.1 Å². The number of nitro groups is 1. The summed E-state index contributed by atoms with van der Waals surface area (Å²) in [7, 11) is 0. The number of carbonyl (C=O) groups is 2. The Hall–Kier alpha value is -2.26. The van der Waals surface area contributed by atoms with Gasteiger partial charge < -0.3 is 9.90 Å². The molecule has 9 heteroatoms. The van der Waals surface area contributed by atoms with Crippen LogP contribution in [-0.4, -0.2) is 32.6 Å². The summed E-state index contributed by atoms with van der Waals surface area (Å²) >= 11 is 5.89. The lowest BCUT2D eigenvalue weighted by molar-refractivity contribution is -0.385. The van der Waals surface area contributed by atoms with E-state index in [4.69, 9.17) is 12.2 Å². The van der Waals surface area contributed by atoms with Crippen molar-refractivity contribution in [2.45, 2.75) is 6.92 Å². The van der Waals surface area contributed by atoms with Crippen molar-refractivity contribution in [3.63, 3.8) is 0 Å². The number of carbonyl (C=O) groups excluding carboxylic acids is 2. The third-order valence-electron chi connectivity index (χ3n) is 2.89. The summed E-state index contributed by atoms with van der Waals surface area (Å²) in [5.41, 5.74) is 0.914. The van der Waals surface area contributed by atoms with Crippen molar-refractivity contribution in [3.05, 3.63) is 44.3 Å². The molecule has 0 spiro atoms. The topological polar surface area (TPSA) is 104 Å². The molecule has 1 aliphatic rings. The van der Waals surface area contributed by atoms with E-state index in [9.17, 15) is 24.8 Å². The van der Waals surface area contributed by atoms with Gasteiger partial charge in [0.05, 0.1) is 22.3 Å². The molecule has 1 heterocycles. The van der Waals surface area contributed by atoms with Crippen LogP contribution in [0.4, 0.5) is 5.69 Å². The van der Waals surface area contributed by atoms with Crippen molar-refractivity contribution in [2.24, 2.45) is 0 Å². The van der Waals surface area contributed by atoms with Gasteiger partial charge in [-0.15, -0.1) is 0 Å². The molecule has 2 rings (SSSR count). The number of nitro benzene ring substituents is 1. The fourth-order valence-corrected chi connectivity index (χ4v) is 3.08. The molecule has 0 atom stereocenters. The van der Waals surface area contributed by atoms with Crippen LogP contribution in [0.5, 0.6) is 0 Å². The Labute approximate surface area is 134 Å². The van der Waals surface area contributed by atoms with Gasteiger partial charge in [0.1, 0.15) is 4.32 Å². The normalized spacial score (nSPS) is 16.4. The first-order valence-corrected chi connectivity index (χ1v) is 7.22. The molecule has 114 valence electrons. The monoisotopic (exact) mass is 337 g/mol. The van der Waals surface area contributed by atoms with Gasteiger partial charge >= 0.3 is 0 Å². The molecule has 1 fully saturated rings. The molecule has 0 unspecified atom stereocenters. The number of carboxylic acids is 1. The van der Waals surface area contributed by atoms with Gasteiger partial charge in [0, 0.05) is 11.6 Å². The average molecular weight is 337 g/mol. The standard InChI is InChI=1S/C13H10N2O5S2/c1-7-2-3-8(4-9(7)15(19)20)5-10-12(18)14(6-11(16)17)13(21)22-10/h2-5H,6H2,1H3,(H,16,17)/p-1/b10-5+. The molecule has 0 aromatic heterocycles. The zero-order valence-electron chi connectivity index (χ0n) is 11.3. The number of benzene rings is 1. The fourth-order valence-electron chi connectivity index (χ4n) is 1.83. The third kappa shape index (κ3) is 3.31. The lowest BCUT2D eigenvalue weighted by Gasteiger charge is -2.14. The van der Waals surface area contributed by atoms with Crippen molar-refractivity contribution in [2.75, 3.05) is 6.54 Å². The van der Waals surface area contributed by atoms with Crippen molar-refractivity contribution in [1.82, 2.24) is 4.90 Å². The van der Waals surface area contributed by atoms with E-state index >= 15 is 0 Å². The molecule has 1 aromatic carbocycles. The molecule has 1 aromatic rings. The van der Waals surface area contributed by atoms with Crippen molar-refractivity contribution in [3.8, 4) is 0 Å². The van der Waals surface area contributed by atoms with Crippen LogP contribution in [0, 0.1) is 17.0 Å². The van der Waals surface area contributed by atoms with E-state index in [-0.39, 0.29) is 14.9 Å². The van der Waals surface area contributed by atoms with Crippen LogP contribution in [-0.2, 0) is 9.59 Å². The van der Waals surface area contributed by atoms with E-state index in [1.807, 2.05) is 0 Å². The van der Waals surface area contributed by atoms with Crippen LogP contribution in [0.15, 0.2) is 23.1 Å². The van der Waals surface area contributed by atoms with Gasteiger partial charge in [-0.3, -0.25) is 19.8 Å². The summed E-state index contributed by atoms with van der Waals surface area (Å²) in [4.78, 5) is 34.2. The van der Waals surface area contributed by atoms with E-state index in [0.717, 1.165) is 16.7 Å². The van der Waals surface area contributed by atoms with E-state index in [2.05, 4.69) is 0 Å². The minimum absolute atomic E-state index is 0.0565. The van der Waals surface area contributed by atoms with Crippen LogP contribution in [0.2, 0.25) is 0 Å². The number of aryl methyl sites for hydroxylation is 1. The van der Waals surface area contributed by atoms with Gasteiger partial charge in [0.15, 0.2) is 0 Å². The Bertz CT molecular complexity index is 729. The number of amides is 1. The number of rotatable bonds is 4. The predicted molar refractivity (Wildman–Crippen MR) is 82.7 cm³/mol. The first kappa shape index (κ1) is 16.1. The Kier molecular flexibility index (Phi) is 4.57. The van der Waals surface area contributed by atoms with Crippen molar-refractivity contribution >= 4 is 51.9 Å². The first-order chi connectivity index (χ1) is 10.3. The molecular weight excluding hydrogens is 328 g/mol. The van der Waals surface area contributed by atoms with Gasteiger partial charge in [-0.05, 0) is 18.6 Å². The number of thiocarbonyl (C=S) groups is 1. The number of hydrogen-bond acceptors (Lipinski definition) is 7. The van der Waals surface area contributed by atoms with Crippen LogP contribution in [0.3, 0.4) is 0 Å². The Morgan fingerprint density at radius 3 is 2.77 bits per heavy atom. The number of hydrogen-bond donors (Lipinski definition) is 0. The second-order valence-electron chi connectivity index (χ2n) is 4.44. The average Bonchev–Trinajstić information content (AvgIpc) is 2.68. The molecule has 1 saturated heterocycles. The molecule has 1 amide bonds. The van der Waals surface area contributed by atoms with Gasteiger partial charge in [-0.25, -0.2) is 0 Å². The number of carboxylic acid groups (broad SMARTS) is 1. The third-order valence-corrected chi connectivity index (χ3v) is 4.27. The van der Waals surface area contributed by atoms with E-state index < -0.39 is 23.3 Å². The van der Waals surface area contributed by atoms with Crippen LogP contribution < -0.4 is 5.11 Å². The van der Waals surface area contributed by atoms with E-state index in [1.165, 1.54) is 12.1 Å². The highest BCUT2D eigenvalue weighted by molar-refractivity contribution is 8.26. The molecule has 1 aliphatic heterocycles. The van der Waals surface area contributed by atoms with Crippen LogP contribution in [0.25, 0.3) is 6.08 Å². The summed E-state index contributed by atoms with van der Waals surface area (Å²) in [5, 5.41) is 21.5. The lowest BCUT2D eigenvalue weighted by Crippen LogP contribution is -2.40. The smallest absolute Gasteiger partial charge is 0.272 e. The minimum Gasteiger partial charge on any atom is -0.548 e. The molecule has 0 aliphatic carbocycles. The van der Waals surface area contributed by atoms with Gasteiger partial charge in [0.2, 0.25) is 0 Å². The number of thioether (sulfide) groups is 1. The second kappa shape index (κ2) is 6.24. The Morgan fingerprint density at radius 1 is 1.50 bits per heavy atom. The maximum atomic E-state index is 12.1.